The van der Waals surface area contributed by atoms with E-state index in [9.17, 15) is 13.2 Å². The molecular weight excluding hydrogens is 360 g/mol. The van der Waals surface area contributed by atoms with E-state index in [0.29, 0.717) is 22.0 Å². The molecule has 3 aromatic carbocycles. The van der Waals surface area contributed by atoms with Crippen molar-refractivity contribution in [1.82, 2.24) is 4.98 Å². The fourth-order valence-electron chi connectivity index (χ4n) is 3.07. The Bertz CT molecular complexity index is 1330. The van der Waals surface area contributed by atoms with E-state index in [1.165, 1.54) is 0 Å². The van der Waals surface area contributed by atoms with Gasteiger partial charge >= 0.3 is 0 Å². The number of benzene rings is 2. The van der Waals surface area contributed by atoms with Crippen LogP contribution in [0.3, 0.4) is 0 Å². The predicted octanol–water partition coefficient (Wildman–Crippen LogP) is 3.79. The third-order valence-electron chi connectivity index (χ3n) is 4.29. The van der Waals surface area contributed by atoms with Crippen molar-refractivity contribution in [3.63, 3.8) is 0 Å². The van der Waals surface area contributed by atoms with Gasteiger partial charge in [0, 0.05) is 28.2 Å². The number of hydrogen-bond donors (Lipinski definition) is 1. The first-order chi connectivity index (χ1) is 12.9. The Kier molecular flexibility index (Phi) is 4.12. The number of nitrogens with one attached hydrogen (secondary N) is 1. The van der Waals surface area contributed by atoms with E-state index in [2.05, 4.69) is 9.71 Å². The maximum absolute atomic E-state index is 13.2. The normalized spacial score (nSPS) is 11.6. The summed E-state index contributed by atoms with van der Waals surface area (Å²) in [6.07, 6.45) is 2.82. The Morgan fingerprint density at radius 3 is 2.33 bits per heavy atom. The van der Waals surface area contributed by atoms with Crippen LogP contribution in [0.2, 0.25) is 0 Å². The third-order valence-corrected chi connectivity index (χ3v) is 4.90. The largest absolute Gasteiger partial charge is 0.289 e. The predicted molar refractivity (Wildman–Crippen MR) is 109 cm³/mol. The molecule has 4 aromatic rings. The summed E-state index contributed by atoms with van der Waals surface area (Å²) >= 11 is 0. The zero-order chi connectivity index (χ0) is 19.0. The van der Waals surface area contributed by atoms with Crippen LogP contribution in [0.4, 0.5) is 5.69 Å². The second-order valence-corrected chi connectivity index (χ2v) is 8.11. The minimum Gasteiger partial charge on any atom is -0.289 e. The van der Waals surface area contributed by atoms with Crippen molar-refractivity contribution in [2.75, 3.05) is 11.0 Å². The number of pyridine rings is 1. The number of hydrogen-bond acceptors (Lipinski definition) is 4. The van der Waals surface area contributed by atoms with Gasteiger partial charge in [-0.25, -0.2) is 8.42 Å². The monoisotopic (exact) mass is 376 g/mol. The zero-order valence-corrected chi connectivity index (χ0v) is 15.3. The molecule has 0 bridgehead atoms. The van der Waals surface area contributed by atoms with Crippen molar-refractivity contribution in [3.8, 4) is 11.1 Å². The number of aromatic nitrogens is 1. The minimum atomic E-state index is -3.43. The summed E-state index contributed by atoms with van der Waals surface area (Å²) in [7, 11) is -3.43. The summed E-state index contributed by atoms with van der Waals surface area (Å²) in [5.41, 5.74) is 2.58. The Labute approximate surface area is 156 Å². The molecule has 0 saturated heterocycles. The summed E-state index contributed by atoms with van der Waals surface area (Å²) in [6, 6.07) is 20.1. The maximum Gasteiger partial charge on any atom is 0.229 e. The average molecular weight is 376 g/mol. The van der Waals surface area contributed by atoms with Crippen LogP contribution in [0.25, 0.3) is 32.8 Å². The highest BCUT2D eigenvalue weighted by molar-refractivity contribution is 7.92. The lowest BCUT2D eigenvalue weighted by Gasteiger charge is -2.04. The van der Waals surface area contributed by atoms with E-state index < -0.39 is 10.0 Å². The molecule has 0 atom stereocenters. The van der Waals surface area contributed by atoms with Gasteiger partial charge in [0.2, 0.25) is 10.0 Å². The Balaban J connectivity index is 1.99. The molecule has 0 aliphatic carbocycles. The topological polar surface area (TPSA) is 76.1 Å². The van der Waals surface area contributed by atoms with Crippen molar-refractivity contribution in [2.45, 2.75) is 0 Å². The minimum absolute atomic E-state index is 0.188. The van der Waals surface area contributed by atoms with Crippen LogP contribution in [-0.2, 0) is 10.0 Å². The van der Waals surface area contributed by atoms with Crippen LogP contribution >= 0.6 is 0 Å². The summed E-state index contributed by atoms with van der Waals surface area (Å²) in [4.78, 5) is 17.6. The lowest BCUT2D eigenvalue weighted by Crippen LogP contribution is -2.10. The molecule has 1 N–H and O–H groups in total. The van der Waals surface area contributed by atoms with Gasteiger partial charge in [0.25, 0.3) is 0 Å². The molecule has 0 radical (unpaired) electrons. The summed E-state index contributed by atoms with van der Waals surface area (Å²) in [6.45, 7) is 0. The van der Waals surface area contributed by atoms with Gasteiger partial charge in [-0.15, -0.1) is 0 Å². The van der Waals surface area contributed by atoms with Gasteiger partial charge in [-0.3, -0.25) is 14.5 Å². The van der Waals surface area contributed by atoms with Crippen molar-refractivity contribution < 1.29 is 8.42 Å². The van der Waals surface area contributed by atoms with E-state index in [1.807, 2.05) is 42.5 Å². The number of fused-ring (bicyclic) bond motifs is 2. The first kappa shape index (κ1) is 17.2. The second kappa shape index (κ2) is 6.48. The van der Waals surface area contributed by atoms with Crippen molar-refractivity contribution >= 4 is 37.4 Å². The highest BCUT2D eigenvalue weighted by Crippen LogP contribution is 2.23. The van der Waals surface area contributed by atoms with Gasteiger partial charge < -0.3 is 0 Å². The molecule has 0 saturated carbocycles. The Hall–Kier alpha value is -3.25. The molecule has 0 unspecified atom stereocenters. The molecule has 0 amide bonds. The third kappa shape index (κ3) is 3.52. The van der Waals surface area contributed by atoms with Gasteiger partial charge in [-0.05, 0) is 35.2 Å². The van der Waals surface area contributed by atoms with Crippen LogP contribution in [0.1, 0.15) is 0 Å². The van der Waals surface area contributed by atoms with Crippen molar-refractivity contribution in [2.24, 2.45) is 0 Å². The van der Waals surface area contributed by atoms with Crippen molar-refractivity contribution in [1.29, 1.82) is 0 Å². The summed E-state index contributed by atoms with van der Waals surface area (Å²) in [5, 5.41) is 1.65. The summed E-state index contributed by atoms with van der Waals surface area (Å²) < 4.78 is 25.4. The SMILES string of the molecule is CS(=O)(=O)Nc1ccc2ccc3ncc(-c4ccccc4)cc3c(=O)c2c1. The molecule has 0 fully saturated rings. The molecule has 4 rings (SSSR count). The van der Waals surface area contributed by atoms with Crippen LogP contribution in [0, 0.1) is 0 Å². The van der Waals surface area contributed by atoms with E-state index in [1.54, 1.807) is 30.5 Å². The molecule has 27 heavy (non-hydrogen) atoms. The number of anilines is 1. The second-order valence-electron chi connectivity index (χ2n) is 6.36. The molecule has 5 nitrogen and oxygen atoms in total. The molecule has 6 heteroatoms. The molecule has 0 aliphatic heterocycles. The Morgan fingerprint density at radius 1 is 0.852 bits per heavy atom. The molecule has 1 aromatic heterocycles. The van der Waals surface area contributed by atoms with Gasteiger partial charge in [-0.2, -0.15) is 0 Å². The molecule has 134 valence electrons. The maximum atomic E-state index is 13.2. The standard InChI is InChI=1S/C21H16N2O3S/c1-27(25,26)23-17-9-7-15-8-10-20-19(21(24)18(15)12-17)11-16(13-22-20)14-5-3-2-4-6-14/h2-13,23H,1H3. The first-order valence-corrected chi connectivity index (χ1v) is 10.2. The number of nitrogens with zero attached hydrogens (tertiary/aromatic N) is 1. The zero-order valence-electron chi connectivity index (χ0n) is 14.5. The van der Waals surface area contributed by atoms with Crippen LogP contribution < -0.4 is 10.2 Å². The fourth-order valence-corrected chi connectivity index (χ4v) is 3.62. The highest BCUT2D eigenvalue weighted by Gasteiger charge is 2.08. The lowest BCUT2D eigenvalue weighted by atomic mass is 10.1. The average Bonchev–Trinajstić information content (AvgIpc) is 2.78. The number of rotatable bonds is 3. The van der Waals surface area contributed by atoms with Crippen LogP contribution in [-0.4, -0.2) is 19.7 Å². The fraction of sp³-hybridized carbons (Fsp3) is 0.0476. The number of sulfonamides is 1. The molecular formula is C21H16N2O3S. The van der Waals surface area contributed by atoms with Crippen LogP contribution in [0.5, 0.6) is 0 Å². The smallest absolute Gasteiger partial charge is 0.229 e. The summed E-state index contributed by atoms with van der Waals surface area (Å²) in [5.74, 6) is 0. The van der Waals surface area contributed by atoms with Gasteiger partial charge in [0.05, 0.1) is 11.8 Å². The highest BCUT2D eigenvalue weighted by atomic mass is 32.2. The Morgan fingerprint density at radius 2 is 1.59 bits per heavy atom. The van der Waals surface area contributed by atoms with E-state index in [0.717, 1.165) is 22.8 Å². The van der Waals surface area contributed by atoms with Crippen LogP contribution in [0.15, 0.2) is 77.7 Å². The lowest BCUT2D eigenvalue weighted by molar-refractivity contribution is 0.607. The van der Waals surface area contributed by atoms with Gasteiger partial charge in [0.1, 0.15) is 0 Å². The van der Waals surface area contributed by atoms with E-state index >= 15 is 0 Å². The van der Waals surface area contributed by atoms with Gasteiger partial charge in [0.15, 0.2) is 5.43 Å². The first-order valence-electron chi connectivity index (χ1n) is 8.31. The molecule has 1 heterocycles. The molecule has 0 aliphatic rings. The van der Waals surface area contributed by atoms with E-state index in [-0.39, 0.29) is 5.43 Å². The van der Waals surface area contributed by atoms with E-state index in [4.69, 9.17) is 0 Å². The quantitative estimate of drug-likeness (QED) is 0.590. The van der Waals surface area contributed by atoms with Crippen molar-refractivity contribution in [3.05, 3.63) is 83.2 Å². The molecule has 0 spiro atoms. The van der Waals surface area contributed by atoms with Gasteiger partial charge in [-0.1, -0.05) is 42.5 Å².